The summed E-state index contributed by atoms with van der Waals surface area (Å²) in [7, 11) is 0. The number of phenolic OH excluding ortho intramolecular Hbond substituents is 1. The standard InChI is InChI=1S/C28H22ClN3O6/c29-18-3-1-2-17-24(18)30-27(36)28(17)23-22(19(31-28)10-14-4-7-16(33)8-5-14)25(34)32(26(23)35)12-15-6-9-20-21(11-15)38-13-37-20/h1-9,11,19,22-23,31,33H,10,12-13H2,(H,30,36)/t19-,22-,23-,28-/m1/s1. The van der Waals surface area contributed by atoms with Crippen molar-refractivity contribution in [2.24, 2.45) is 11.8 Å². The van der Waals surface area contributed by atoms with Gasteiger partial charge in [0.1, 0.15) is 11.3 Å². The van der Waals surface area contributed by atoms with Crippen LogP contribution in [-0.2, 0) is 32.9 Å². The number of nitrogens with one attached hydrogen (secondary N) is 2. The van der Waals surface area contributed by atoms with Gasteiger partial charge in [-0.3, -0.25) is 24.6 Å². The van der Waals surface area contributed by atoms with E-state index in [0.29, 0.717) is 39.8 Å². The van der Waals surface area contributed by atoms with E-state index in [0.717, 1.165) is 5.56 Å². The number of rotatable bonds is 4. The molecule has 10 heteroatoms. The molecule has 4 aliphatic heterocycles. The lowest BCUT2D eigenvalue weighted by Crippen LogP contribution is -2.53. The van der Waals surface area contributed by atoms with Crippen molar-refractivity contribution in [2.75, 3.05) is 12.1 Å². The first-order valence-corrected chi connectivity index (χ1v) is 12.6. The number of anilines is 1. The molecule has 1 spiro atoms. The molecule has 4 aliphatic rings. The summed E-state index contributed by atoms with van der Waals surface area (Å²) >= 11 is 6.42. The van der Waals surface area contributed by atoms with E-state index in [1.54, 1.807) is 60.7 Å². The molecule has 0 bridgehead atoms. The van der Waals surface area contributed by atoms with Gasteiger partial charge in [-0.1, -0.05) is 41.9 Å². The molecule has 2 fully saturated rings. The minimum absolute atomic E-state index is 0.0489. The number of aromatic hydroxyl groups is 1. The molecule has 3 N–H and O–H groups in total. The molecule has 0 saturated carbocycles. The van der Waals surface area contributed by atoms with Crippen molar-refractivity contribution in [2.45, 2.75) is 24.5 Å². The molecule has 38 heavy (non-hydrogen) atoms. The van der Waals surface area contributed by atoms with Gasteiger partial charge in [-0.25, -0.2) is 0 Å². The quantitative estimate of drug-likeness (QED) is 0.443. The van der Waals surface area contributed by atoms with Crippen LogP contribution in [0.2, 0.25) is 5.02 Å². The molecular weight excluding hydrogens is 510 g/mol. The highest BCUT2D eigenvalue weighted by molar-refractivity contribution is 6.35. The van der Waals surface area contributed by atoms with Gasteiger partial charge in [0.2, 0.25) is 24.5 Å². The van der Waals surface area contributed by atoms with E-state index in [1.807, 2.05) is 0 Å². The second-order valence-corrected chi connectivity index (χ2v) is 10.4. The fraction of sp³-hybridized carbons (Fsp3) is 0.250. The van der Waals surface area contributed by atoms with Crippen LogP contribution in [0.3, 0.4) is 0 Å². The largest absolute Gasteiger partial charge is 0.508 e. The highest BCUT2D eigenvalue weighted by atomic mass is 35.5. The highest BCUT2D eigenvalue weighted by Gasteiger charge is 2.70. The van der Waals surface area contributed by atoms with Crippen molar-refractivity contribution in [1.29, 1.82) is 0 Å². The van der Waals surface area contributed by atoms with Crippen LogP contribution >= 0.6 is 11.6 Å². The number of ether oxygens (including phenoxy) is 2. The topological polar surface area (TPSA) is 117 Å². The molecular formula is C28H22ClN3O6. The minimum atomic E-state index is -1.44. The summed E-state index contributed by atoms with van der Waals surface area (Å²) in [5.41, 5.74) is 1.14. The average molecular weight is 532 g/mol. The first-order chi connectivity index (χ1) is 18.4. The molecule has 0 radical (unpaired) electrons. The van der Waals surface area contributed by atoms with Gasteiger partial charge in [0.15, 0.2) is 11.5 Å². The van der Waals surface area contributed by atoms with E-state index in [-0.39, 0.29) is 25.0 Å². The molecule has 0 aliphatic carbocycles. The van der Waals surface area contributed by atoms with Gasteiger partial charge in [-0.2, -0.15) is 0 Å². The average Bonchev–Trinajstić information content (AvgIpc) is 3.63. The third-order valence-corrected chi connectivity index (χ3v) is 8.28. The summed E-state index contributed by atoms with van der Waals surface area (Å²) in [5.74, 6) is -1.60. The maximum atomic E-state index is 14.0. The van der Waals surface area contributed by atoms with E-state index in [1.165, 1.54) is 4.90 Å². The Balaban J connectivity index is 1.30. The number of carbonyl (C=O) groups is 3. The van der Waals surface area contributed by atoms with Crippen molar-refractivity contribution < 1.29 is 29.0 Å². The lowest BCUT2D eigenvalue weighted by molar-refractivity contribution is -0.143. The molecule has 0 unspecified atom stereocenters. The SMILES string of the molecule is O=C1[C@@H]2[C@@H](Cc3ccc(O)cc3)N[C@@]3(C(=O)Nc4c(Cl)cccc43)[C@H]2C(=O)N1Cc1ccc2c(c1)OCO2. The summed E-state index contributed by atoms with van der Waals surface area (Å²) in [4.78, 5) is 42.9. The Morgan fingerprint density at radius 2 is 1.74 bits per heavy atom. The number of hydrogen-bond acceptors (Lipinski definition) is 7. The van der Waals surface area contributed by atoms with Crippen LogP contribution in [-0.4, -0.2) is 40.6 Å². The number of fused-ring (bicyclic) bond motifs is 5. The summed E-state index contributed by atoms with van der Waals surface area (Å²) in [6, 6.07) is 16.6. The number of carbonyl (C=O) groups excluding carboxylic acids is 3. The molecule has 2 saturated heterocycles. The Labute approximate surface area is 222 Å². The number of para-hydroxylation sites is 1. The molecule has 3 amide bonds. The first kappa shape index (κ1) is 23.1. The molecule has 192 valence electrons. The monoisotopic (exact) mass is 531 g/mol. The normalized spacial score (nSPS) is 26.7. The second kappa shape index (κ2) is 8.21. The van der Waals surface area contributed by atoms with E-state index < -0.39 is 35.2 Å². The summed E-state index contributed by atoms with van der Waals surface area (Å²) in [6.07, 6.45) is 0.378. The Bertz CT molecular complexity index is 1530. The van der Waals surface area contributed by atoms with Crippen LogP contribution in [0.5, 0.6) is 17.2 Å². The van der Waals surface area contributed by atoms with Gasteiger partial charge < -0.3 is 19.9 Å². The van der Waals surface area contributed by atoms with E-state index in [9.17, 15) is 19.5 Å². The fourth-order valence-electron chi connectivity index (χ4n) is 6.29. The van der Waals surface area contributed by atoms with Gasteiger partial charge in [0.25, 0.3) is 0 Å². The smallest absolute Gasteiger partial charge is 0.250 e. The van der Waals surface area contributed by atoms with Crippen molar-refractivity contribution >= 4 is 35.0 Å². The van der Waals surface area contributed by atoms with Crippen molar-refractivity contribution in [1.82, 2.24) is 10.2 Å². The fourth-order valence-corrected chi connectivity index (χ4v) is 6.51. The number of phenols is 1. The highest BCUT2D eigenvalue weighted by Crippen LogP contribution is 2.54. The van der Waals surface area contributed by atoms with Crippen LogP contribution in [0, 0.1) is 11.8 Å². The molecule has 4 heterocycles. The predicted molar refractivity (Wildman–Crippen MR) is 136 cm³/mol. The zero-order chi connectivity index (χ0) is 26.2. The molecule has 3 aromatic rings. The van der Waals surface area contributed by atoms with Crippen molar-refractivity contribution in [3.63, 3.8) is 0 Å². The Morgan fingerprint density at radius 3 is 2.55 bits per heavy atom. The number of benzene rings is 3. The Hall–Kier alpha value is -4.08. The van der Waals surface area contributed by atoms with Gasteiger partial charge in [-0.15, -0.1) is 0 Å². The lowest BCUT2D eigenvalue weighted by Gasteiger charge is -2.29. The van der Waals surface area contributed by atoms with Crippen molar-refractivity contribution in [3.8, 4) is 17.2 Å². The van der Waals surface area contributed by atoms with E-state index >= 15 is 0 Å². The van der Waals surface area contributed by atoms with Crippen LogP contribution in [0.4, 0.5) is 5.69 Å². The third kappa shape index (κ3) is 3.18. The van der Waals surface area contributed by atoms with Crippen LogP contribution in [0.25, 0.3) is 0 Å². The summed E-state index contributed by atoms with van der Waals surface area (Å²) < 4.78 is 10.8. The Kier molecular flexibility index (Phi) is 4.98. The molecule has 0 aromatic heterocycles. The van der Waals surface area contributed by atoms with E-state index in [2.05, 4.69) is 10.6 Å². The van der Waals surface area contributed by atoms with Gasteiger partial charge >= 0.3 is 0 Å². The maximum Gasteiger partial charge on any atom is 0.250 e. The molecule has 9 nitrogen and oxygen atoms in total. The number of hydrogen-bond donors (Lipinski definition) is 3. The van der Waals surface area contributed by atoms with Crippen molar-refractivity contribution in [3.05, 3.63) is 82.4 Å². The molecule has 7 rings (SSSR count). The van der Waals surface area contributed by atoms with Crippen LogP contribution in [0.1, 0.15) is 16.7 Å². The summed E-state index contributed by atoms with van der Waals surface area (Å²) in [6.45, 7) is 0.169. The number of halogens is 1. The van der Waals surface area contributed by atoms with Gasteiger partial charge in [0.05, 0.1) is 29.1 Å². The third-order valence-electron chi connectivity index (χ3n) is 7.96. The summed E-state index contributed by atoms with van der Waals surface area (Å²) in [5, 5.41) is 16.3. The van der Waals surface area contributed by atoms with Gasteiger partial charge in [0, 0.05) is 11.6 Å². The number of nitrogens with zero attached hydrogens (tertiary/aromatic N) is 1. The maximum absolute atomic E-state index is 14.0. The number of amides is 3. The second-order valence-electron chi connectivity index (χ2n) is 10.00. The zero-order valence-corrected chi connectivity index (χ0v) is 20.7. The molecule has 4 atom stereocenters. The number of likely N-dealkylation sites (tertiary alicyclic amines) is 1. The molecule has 3 aromatic carbocycles. The zero-order valence-electron chi connectivity index (χ0n) is 19.9. The first-order valence-electron chi connectivity index (χ1n) is 12.3. The van der Waals surface area contributed by atoms with Crippen LogP contribution in [0.15, 0.2) is 60.7 Å². The minimum Gasteiger partial charge on any atom is -0.508 e. The van der Waals surface area contributed by atoms with E-state index in [4.69, 9.17) is 21.1 Å². The Morgan fingerprint density at radius 1 is 0.974 bits per heavy atom. The van der Waals surface area contributed by atoms with Crippen LogP contribution < -0.4 is 20.1 Å². The predicted octanol–water partition coefficient (Wildman–Crippen LogP) is 2.94. The number of imide groups is 1. The van der Waals surface area contributed by atoms with Gasteiger partial charge in [-0.05, 0) is 47.9 Å². The lowest BCUT2D eigenvalue weighted by atomic mass is 9.76.